The van der Waals surface area contributed by atoms with Gasteiger partial charge in [0.05, 0.1) is 48.4 Å². The lowest BCUT2D eigenvalue weighted by Gasteiger charge is -2.44. The van der Waals surface area contributed by atoms with E-state index in [1.165, 1.54) is 12.4 Å². The van der Waals surface area contributed by atoms with Gasteiger partial charge in [0.25, 0.3) is 6.43 Å². The molecule has 0 spiro atoms. The van der Waals surface area contributed by atoms with Gasteiger partial charge in [-0.25, -0.2) is 22.2 Å². The molecule has 1 N–H and O–H groups in total. The predicted octanol–water partition coefficient (Wildman–Crippen LogP) is 1.27. The van der Waals surface area contributed by atoms with Crippen LogP contribution in [-0.4, -0.2) is 96.6 Å². The number of pyridine rings is 1. The minimum atomic E-state index is -4.19. The standard InChI is InChI=1S/C22H24F2N8O4S2/c1-13-22(10-25,11-36-13)29-38(33,34)15-6-16-18(20-27-28-21(37-20)19(23)24)26-12-32(16)17(7-15)31-3-2-30-4-5-35-9-14(30)8-31/h6-7,12-14,19,29H,2-5,8-9,11H2,1H3/t13?,14-,22?/m1/s1. The number of nitriles is 1. The number of fused-ring (bicyclic) bond motifs is 2. The molecule has 12 nitrogen and oxygen atoms in total. The van der Waals surface area contributed by atoms with Gasteiger partial charge in [-0.15, -0.1) is 10.2 Å². The van der Waals surface area contributed by atoms with Crippen molar-refractivity contribution in [1.82, 2.24) is 29.2 Å². The van der Waals surface area contributed by atoms with Crippen LogP contribution in [0.2, 0.25) is 0 Å². The van der Waals surface area contributed by atoms with E-state index in [0.717, 1.165) is 13.1 Å². The number of nitrogens with zero attached hydrogens (tertiary/aromatic N) is 7. The number of aromatic nitrogens is 4. The molecule has 202 valence electrons. The van der Waals surface area contributed by atoms with Gasteiger partial charge in [0.1, 0.15) is 17.8 Å². The van der Waals surface area contributed by atoms with E-state index in [4.69, 9.17) is 9.47 Å². The third-order valence-corrected chi connectivity index (χ3v) is 9.70. The van der Waals surface area contributed by atoms with Crippen molar-refractivity contribution in [2.75, 3.05) is 50.9 Å². The van der Waals surface area contributed by atoms with E-state index in [9.17, 15) is 22.5 Å². The zero-order valence-corrected chi connectivity index (χ0v) is 21.9. The number of imidazole rings is 1. The Kier molecular flexibility index (Phi) is 6.32. The number of nitrogens with one attached hydrogen (secondary N) is 1. The minimum absolute atomic E-state index is 0.0677. The zero-order valence-electron chi connectivity index (χ0n) is 20.2. The van der Waals surface area contributed by atoms with Crippen LogP contribution in [0.25, 0.3) is 16.2 Å². The van der Waals surface area contributed by atoms with Crippen LogP contribution in [0.15, 0.2) is 23.4 Å². The smallest absolute Gasteiger partial charge is 0.291 e. The monoisotopic (exact) mass is 566 g/mol. The normalized spacial score (nSPS) is 26.3. The molecule has 3 aromatic rings. The van der Waals surface area contributed by atoms with Crippen LogP contribution < -0.4 is 9.62 Å². The fourth-order valence-corrected chi connectivity index (χ4v) is 7.06. The lowest BCUT2D eigenvalue weighted by atomic mass is 9.92. The van der Waals surface area contributed by atoms with E-state index in [2.05, 4.69) is 29.7 Å². The molecule has 6 heterocycles. The summed E-state index contributed by atoms with van der Waals surface area (Å²) in [5.74, 6) is 0.564. The first-order valence-electron chi connectivity index (χ1n) is 12.0. The Morgan fingerprint density at radius 3 is 2.82 bits per heavy atom. The van der Waals surface area contributed by atoms with Gasteiger partial charge < -0.3 is 14.4 Å². The first-order chi connectivity index (χ1) is 18.2. The van der Waals surface area contributed by atoms with Gasteiger partial charge in [-0.2, -0.15) is 9.98 Å². The molecule has 3 aliphatic rings. The lowest BCUT2D eigenvalue weighted by molar-refractivity contribution is -0.102. The van der Waals surface area contributed by atoms with Crippen molar-refractivity contribution < 1.29 is 26.7 Å². The molecule has 0 saturated carbocycles. The molecule has 3 saturated heterocycles. The molecular formula is C22H24F2N8O4S2. The number of rotatable bonds is 6. The Hall–Kier alpha value is -2.81. The third-order valence-electron chi connectivity index (χ3n) is 7.27. The molecule has 0 aliphatic carbocycles. The summed E-state index contributed by atoms with van der Waals surface area (Å²) < 4.78 is 68.8. The summed E-state index contributed by atoms with van der Waals surface area (Å²) in [7, 11) is -4.19. The topological polar surface area (TPSA) is 138 Å². The molecule has 0 aromatic carbocycles. The number of halogens is 2. The van der Waals surface area contributed by atoms with Crippen molar-refractivity contribution in [3.63, 3.8) is 0 Å². The zero-order chi connectivity index (χ0) is 26.7. The molecule has 38 heavy (non-hydrogen) atoms. The van der Waals surface area contributed by atoms with Crippen molar-refractivity contribution in [1.29, 1.82) is 5.26 Å². The maximum atomic E-state index is 13.6. The Morgan fingerprint density at radius 2 is 2.13 bits per heavy atom. The van der Waals surface area contributed by atoms with Crippen molar-refractivity contribution >= 4 is 32.7 Å². The number of anilines is 1. The number of alkyl halides is 2. The molecule has 0 amide bonds. The second-order valence-electron chi connectivity index (χ2n) is 9.50. The number of ether oxygens (including phenoxy) is 2. The Labute approximate surface area is 220 Å². The Bertz CT molecular complexity index is 1520. The van der Waals surface area contributed by atoms with Crippen molar-refractivity contribution in [3.8, 4) is 16.8 Å². The summed E-state index contributed by atoms with van der Waals surface area (Å²) in [4.78, 5) is 8.73. The third kappa shape index (κ3) is 4.23. The second kappa shape index (κ2) is 9.43. The average molecular weight is 567 g/mol. The van der Waals surface area contributed by atoms with Crippen molar-refractivity contribution in [2.24, 2.45) is 0 Å². The van der Waals surface area contributed by atoms with Gasteiger partial charge in [0.2, 0.25) is 10.0 Å². The Morgan fingerprint density at radius 1 is 1.29 bits per heavy atom. The summed E-state index contributed by atoms with van der Waals surface area (Å²) in [6.07, 6.45) is -1.88. The molecular weight excluding hydrogens is 542 g/mol. The Balaban J connectivity index is 1.46. The van der Waals surface area contributed by atoms with Crippen molar-refractivity contribution in [2.45, 2.75) is 35.9 Å². The van der Waals surface area contributed by atoms with E-state index >= 15 is 0 Å². The minimum Gasteiger partial charge on any atom is -0.378 e. The van der Waals surface area contributed by atoms with Crippen LogP contribution in [0.3, 0.4) is 0 Å². The van der Waals surface area contributed by atoms with Crippen LogP contribution in [0, 0.1) is 11.3 Å². The highest BCUT2D eigenvalue weighted by atomic mass is 32.2. The first kappa shape index (κ1) is 25.5. The fraction of sp³-hybridized carbons (Fsp3) is 0.545. The molecule has 0 bridgehead atoms. The number of piperazine rings is 1. The van der Waals surface area contributed by atoms with E-state index < -0.39 is 33.1 Å². The molecule has 6 rings (SSSR count). The van der Waals surface area contributed by atoms with Gasteiger partial charge in [0, 0.05) is 26.2 Å². The van der Waals surface area contributed by atoms with Crippen LogP contribution in [-0.2, 0) is 19.5 Å². The van der Waals surface area contributed by atoms with Gasteiger partial charge >= 0.3 is 0 Å². The highest BCUT2D eigenvalue weighted by molar-refractivity contribution is 7.89. The van der Waals surface area contributed by atoms with E-state index in [1.54, 1.807) is 17.4 Å². The van der Waals surface area contributed by atoms with E-state index in [1.807, 2.05) is 6.07 Å². The summed E-state index contributed by atoms with van der Waals surface area (Å²) in [6.45, 7) is 5.64. The summed E-state index contributed by atoms with van der Waals surface area (Å²) in [5.41, 5.74) is -0.779. The van der Waals surface area contributed by atoms with Crippen LogP contribution >= 0.6 is 11.3 Å². The van der Waals surface area contributed by atoms with Crippen LogP contribution in [0.5, 0.6) is 0 Å². The number of morpholine rings is 1. The molecule has 0 radical (unpaired) electrons. The largest absolute Gasteiger partial charge is 0.378 e. The number of hydrogen-bond acceptors (Lipinski definition) is 11. The summed E-state index contributed by atoms with van der Waals surface area (Å²) in [5, 5.41) is 16.8. The quantitative estimate of drug-likeness (QED) is 0.464. The predicted molar refractivity (Wildman–Crippen MR) is 132 cm³/mol. The van der Waals surface area contributed by atoms with E-state index in [0.29, 0.717) is 49.0 Å². The summed E-state index contributed by atoms with van der Waals surface area (Å²) in [6, 6.07) is 5.12. The van der Waals surface area contributed by atoms with Gasteiger partial charge in [-0.05, 0) is 19.1 Å². The molecule has 3 aromatic heterocycles. The lowest BCUT2D eigenvalue weighted by Crippen LogP contribution is -2.66. The first-order valence-corrected chi connectivity index (χ1v) is 14.3. The van der Waals surface area contributed by atoms with Gasteiger partial charge in [-0.3, -0.25) is 9.30 Å². The van der Waals surface area contributed by atoms with Crippen LogP contribution in [0.1, 0.15) is 18.4 Å². The van der Waals surface area contributed by atoms with E-state index in [-0.39, 0.29) is 28.2 Å². The van der Waals surface area contributed by atoms with Gasteiger partial charge in [0.15, 0.2) is 15.6 Å². The molecule has 3 atom stereocenters. The number of hydrogen-bond donors (Lipinski definition) is 1. The SMILES string of the molecule is CC1OCC1(C#N)NS(=O)(=O)c1cc(N2CCN3CCOC[C@H]3C2)n2cnc(-c3nnc(C(F)F)s3)c2c1. The van der Waals surface area contributed by atoms with Gasteiger partial charge in [-0.1, -0.05) is 11.3 Å². The summed E-state index contributed by atoms with van der Waals surface area (Å²) >= 11 is 0.700. The maximum absolute atomic E-state index is 13.6. The molecule has 3 aliphatic heterocycles. The average Bonchev–Trinajstić information content (AvgIpc) is 3.57. The molecule has 16 heteroatoms. The molecule has 2 unspecified atom stereocenters. The highest BCUT2D eigenvalue weighted by Gasteiger charge is 2.49. The number of sulfonamides is 1. The second-order valence-corrected chi connectivity index (χ2v) is 12.2. The fourth-order valence-electron chi connectivity index (χ4n) is 4.96. The molecule has 3 fully saturated rings. The van der Waals surface area contributed by atoms with Crippen LogP contribution in [0.4, 0.5) is 14.6 Å². The highest BCUT2D eigenvalue weighted by Crippen LogP contribution is 2.35. The van der Waals surface area contributed by atoms with Crippen molar-refractivity contribution in [3.05, 3.63) is 23.5 Å². The maximum Gasteiger partial charge on any atom is 0.291 e.